The lowest BCUT2D eigenvalue weighted by Crippen LogP contribution is -2.42. The molecule has 1 atom stereocenters. The van der Waals surface area contributed by atoms with E-state index in [9.17, 15) is 23.9 Å². The fraction of sp³-hybridized carbons (Fsp3) is 0.321. The van der Waals surface area contributed by atoms with E-state index in [-0.39, 0.29) is 12.6 Å². The molecule has 0 saturated heterocycles. The summed E-state index contributed by atoms with van der Waals surface area (Å²) in [6.45, 7) is 3.80. The molecule has 1 aromatic heterocycles. The number of carboxylic acid groups (broad SMARTS) is 3. The molecule has 2 heterocycles. The van der Waals surface area contributed by atoms with Crippen LogP contribution in [0, 0.1) is 5.82 Å². The van der Waals surface area contributed by atoms with Crippen LogP contribution in [0.5, 0.6) is 11.5 Å². The van der Waals surface area contributed by atoms with Crippen LogP contribution in [0.1, 0.15) is 31.0 Å². The summed E-state index contributed by atoms with van der Waals surface area (Å²) < 4.78 is 26.5. The molecule has 0 amide bonds. The number of benzene rings is 2. The minimum Gasteiger partial charge on any atom is -0.481 e. The third-order valence-corrected chi connectivity index (χ3v) is 5.96. The number of rotatable bonds is 12. The van der Waals surface area contributed by atoms with Crippen molar-refractivity contribution >= 4 is 17.9 Å². The highest BCUT2D eigenvalue weighted by atomic mass is 19.1. The summed E-state index contributed by atoms with van der Waals surface area (Å²) in [6.07, 6.45) is -0.833. The molecule has 1 unspecified atom stereocenters. The van der Waals surface area contributed by atoms with E-state index in [1.165, 1.54) is 12.1 Å². The van der Waals surface area contributed by atoms with Crippen LogP contribution in [0.15, 0.2) is 60.8 Å². The Kier molecular flexibility index (Phi) is 10.4. The minimum atomic E-state index is -2.74. The quantitative estimate of drug-likeness (QED) is 0.215. The lowest BCUT2D eigenvalue weighted by atomic mass is 9.96. The molecule has 2 aromatic carbocycles. The van der Waals surface area contributed by atoms with Gasteiger partial charge < -0.3 is 39.6 Å². The summed E-state index contributed by atoms with van der Waals surface area (Å²) in [5.41, 5.74) is 0.137. The fourth-order valence-electron chi connectivity index (χ4n) is 4.22. The zero-order valence-electron chi connectivity index (χ0n) is 22.1. The van der Waals surface area contributed by atoms with Gasteiger partial charge >= 0.3 is 17.9 Å². The number of aliphatic hydroxyl groups is 2. The normalized spacial score (nSPS) is 12.9. The lowest BCUT2D eigenvalue weighted by Gasteiger charge is -2.25. The number of hydrogen-bond donors (Lipinski definition) is 5. The van der Waals surface area contributed by atoms with E-state index in [0.717, 1.165) is 28.4 Å². The number of carbonyl (C=O) groups is 3. The lowest BCUT2D eigenvalue weighted by molar-refractivity contribution is -0.170. The first kappa shape index (κ1) is 31.1. The van der Waals surface area contributed by atoms with Crippen LogP contribution in [-0.2, 0) is 27.5 Å². The second kappa shape index (κ2) is 13.7. The maximum absolute atomic E-state index is 13.6. The minimum absolute atomic E-state index is 0.247. The van der Waals surface area contributed by atoms with Gasteiger partial charge in [0.1, 0.15) is 5.82 Å². The van der Waals surface area contributed by atoms with Crippen molar-refractivity contribution in [3.05, 3.63) is 77.9 Å². The van der Waals surface area contributed by atoms with Gasteiger partial charge in [0.25, 0.3) is 0 Å². The second-order valence-corrected chi connectivity index (χ2v) is 9.53. The van der Waals surface area contributed by atoms with Gasteiger partial charge in [-0.1, -0.05) is 12.1 Å². The molecule has 13 heteroatoms. The molecule has 0 spiro atoms. The summed E-state index contributed by atoms with van der Waals surface area (Å²) in [5.74, 6) is -3.78. The van der Waals surface area contributed by atoms with E-state index in [0.29, 0.717) is 19.6 Å². The third kappa shape index (κ3) is 9.03. The summed E-state index contributed by atoms with van der Waals surface area (Å²) >= 11 is 0. The molecule has 0 bridgehead atoms. The highest BCUT2D eigenvalue weighted by molar-refractivity contribution is 5.88. The Morgan fingerprint density at radius 3 is 2.27 bits per heavy atom. The van der Waals surface area contributed by atoms with Crippen LogP contribution in [0.3, 0.4) is 0 Å². The number of hydrogen-bond acceptors (Lipinski definition) is 8. The van der Waals surface area contributed by atoms with Gasteiger partial charge in [0, 0.05) is 37.2 Å². The molecule has 0 radical (unpaired) electrons. The maximum atomic E-state index is 13.6. The van der Waals surface area contributed by atoms with Gasteiger partial charge in [-0.05, 0) is 55.0 Å². The molecule has 4 rings (SSSR count). The van der Waals surface area contributed by atoms with E-state index in [1.54, 1.807) is 13.0 Å². The molecule has 220 valence electrons. The maximum Gasteiger partial charge on any atom is 0.336 e. The number of ether oxygens (including phenoxy) is 2. The van der Waals surface area contributed by atoms with Gasteiger partial charge in [-0.2, -0.15) is 0 Å². The number of fused-ring (bicyclic) bond motifs is 1. The van der Waals surface area contributed by atoms with Gasteiger partial charge in [0.15, 0.2) is 17.1 Å². The van der Waals surface area contributed by atoms with Crippen molar-refractivity contribution in [2.45, 2.75) is 44.6 Å². The Bertz CT molecular complexity index is 1360. The smallest absolute Gasteiger partial charge is 0.336 e. The standard InChI is InChI=1S/C22H23FN2O3.C6H8O7/c1-16(26)12-24(13-17-7-8-21-22(10-17)28-15-27-21)14-20-6-3-9-25(20)19-5-2-4-18(23)11-19;7-3(8)1-6(13,5(11)12)2-4(9)10/h2-11,16,26H,12-15H2,1H3;13H,1-2H2,(H,7,8)(H,9,10)(H,11,12). The van der Waals surface area contributed by atoms with E-state index in [4.69, 9.17) is 29.9 Å². The molecular weight excluding hydrogens is 543 g/mol. The third-order valence-electron chi connectivity index (χ3n) is 5.96. The van der Waals surface area contributed by atoms with Gasteiger partial charge in [0.05, 0.1) is 18.9 Å². The van der Waals surface area contributed by atoms with Crippen molar-refractivity contribution in [2.24, 2.45) is 0 Å². The number of aliphatic hydroxyl groups excluding tert-OH is 1. The zero-order valence-corrected chi connectivity index (χ0v) is 22.1. The molecule has 1 aliphatic rings. The molecular formula is C28H31FN2O10. The average Bonchev–Trinajstić information content (AvgIpc) is 3.52. The van der Waals surface area contributed by atoms with Crippen LogP contribution in [0.2, 0.25) is 0 Å². The Morgan fingerprint density at radius 1 is 0.976 bits per heavy atom. The molecule has 3 aromatic rings. The van der Waals surface area contributed by atoms with Gasteiger partial charge in [0.2, 0.25) is 6.79 Å². The largest absolute Gasteiger partial charge is 0.481 e. The zero-order chi connectivity index (χ0) is 30.2. The summed E-state index contributed by atoms with van der Waals surface area (Å²) in [7, 11) is 0. The SMILES string of the molecule is CC(O)CN(Cc1ccc2c(c1)OCO2)Cc1cccn1-c1cccc(F)c1.O=C(O)CC(O)(CC(=O)O)C(=O)O. The van der Waals surface area contributed by atoms with Crippen molar-refractivity contribution in [2.75, 3.05) is 13.3 Å². The van der Waals surface area contributed by atoms with Crippen molar-refractivity contribution in [3.8, 4) is 17.2 Å². The van der Waals surface area contributed by atoms with Crippen LogP contribution in [-0.4, -0.2) is 78.0 Å². The van der Waals surface area contributed by atoms with Crippen LogP contribution < -0.4 is 9.47 Å². The highest BCUT2D eigenvalue weighted by Crippen LogP contribution is 2.33. The predicted molar refractivity (Wildman–Crippen MR) is 141 cm³/mol. The Balaban J connectivity index is 0.000000302. The highest BCUT2D eigenvalue weighted by Gasteiger charge is 2.40. The van der Waals surface area contributed by atoms with Crippen molar-refractivity contribution in [1.82, 2.24) is 9.47 Å². The number of halogens is 1. The summed E-state index contributed by atoms with van der Waals surface area (Å²) in [5, 5.41) is 43.8. The molecule has 12 nitrogen and oxygen atoms in total. The Morgan fingerprint density at radius 2 is 1.66 bits per heavy atom. The molecule has 1 aliphatic heterocycles. The molecule has 41 heavy (non-hydrogen) atoms. The van der Waals surface area contributed by atoms with Gasteiger partial charge in [-0.25, -0.2) is 9.18 Å². The first-order valence-electron chi connectivity index (χ1n) is 12.5. The molecule has 0 fully saturated rings. The average molecular weight is 575 g/mol. The molecule has 5 N–H and O–H groups in total. The Labute approximate surface area is 234 Å². The monoisotopic (exact) mass is 574 g/mol. The Hall–Kier alpha value is -4.46. The summed E-state index contributed by atoms with van der Waals surface area (Å²) in [4.78, 5) is 32.6. The van der Waals surface area contributed by atoms with E-state index in [2.05, 4.69) is 4.90 Å². The van der Waals surface area contributed by atoms with E-state index in [1.807, 2.05) is 47.2 Å². The first-order valence-corrected chi connectivity index (χ1v) is 12.5. The number of aliphatic carboxylic acids is 3. The number of carboxylic acids is 3. The van der Waals surface area contributed by atoms with Crippen LogP contribution in [0.4, 0.5) is 4.39 Å². The van der Waals surface area contributed by atoms with Gasteiger partial charge in [-0.3, -0.25) is 14.5 Å². The second-order valence-electron chi connectivity index (χ2n) is 9.53. The van der Waals surface area contributed by atoms with Crippen molar-refractivity contribution in [3.63, 3.8) is 0 Å². The summed E-state index contributed by atoms with van der Waals surface area (Å²) in [6, 6.07) is 16.4. The molecule has 0 saturated carbocycles. The van der Waals surface area contributed by atoms with Gasteiger partial charge in [-0.15, -0.1) is 0 Å². The first-order chi connectivity index (χ1) is 19.4. The van der Waals surface area contributed by atoms with Crippen LogP contribution in [0.25, 0.3) is 5.69 Å². The van der Waals surface area contributed by atoms with E-state index < -0.39 is 42.5 Å². The number of nitrogens with zero attached hydrogens (tertiary/aromatic N) is 2. The van der Waals surface area contributed by atoms with Crippen molar-refractivity contribution < 1.29 is 53.8 Å². The van der Waals surface area contributed by atoms with Crippen molar-refractivity contribution in [1.29, 1.82) is 0 Å². The topological polar surface area (TPSA) is 179 Å². The van der Waals surface area contributed by atoms with E-state index >= 15 is 0 Å². The van der Waals surface area contributed by atoms with Crippen LogP contribution >= 0.6 is 0 Å². The predicted octanol–water partition coefficient (Wildman–Crippen LogP) is 2.48. The fourth-order valence-corrected chi connectivity index (χ4v) is 4.22. The molecule has 0 aliphatic carbocycles. The number of aromatic nitrogens is 1.